The summed E-state index contributed by atoms with van der Waals surface area (Å²) in [6.45, 7) is 10.5. The van der Waals surface area contributed by atoms with Crippen LogP contribution in [0.15, 0.2) is 18.2 Å². The Morgan fingerprint density at radius 2 is 2.00 bits per heavy atom. The summed E-state index contributed by atoms with van der Waals surface area (Å²) in [7, 11) is 2.10. The second-order valence-corrected chi connectivity index (χ2v) is 5.77. The monoisotopic (exact) mass is 258 g/mol. The summed E-state index contributed by atoms with van der Waals surface area (Å²) in [5.41, 5.74) is 4.10. The Bertz CT molecular complexity index is 443. The zero-order chi connectivity index (χ0) is 14.4. The van der Waals surface area contributed by atoms with Crippen LogP contribution >= 0.6 is 0 Å². The van der Waals surface area contributed by atoms with Gasteiger partial charge in [-0.15, -0.1) is 0 Å². The van der Waals surface area contributed by atoms with Gasteiger partial charge in [0.05, 0.1) is 12.0 Å². The van der Waals surface area contributed by atoms with E-state index in [0.29, 0.717) is 5.92 Å². The third-order valence-electron chi connectivity index (χ3n) is 3.69. The first-order chi connectivity index (χ1) is 8.97. The molecule has 1 rings (SSSR count). The van der Waals surface area contributed by atoms with E-state index in [1.807, 2.05) is 0 Å². The fourth-order valence-corrected chi connectivity index (χ4v) is 2.21. The standard InChI is InChI=1S/C17H26N2/c1-6-15(10-18)11-19(5)12-17-9-16(13(2)3)8-7-14(17)4/h7-9,13,15H,6,11-12H2,1-5H3. The van der Waals surface area contributed by atoms with E-state index in [-0.39, 0.29) is 5.92 Å². The summed E-state index contributed by atoms with van der Waals surface area (Å²) >= 11 is 0. The predicted octanol–water partition coefficient (Wildman–Crippen LogP) is 4.10. The van der Waals surface area contributed by atoms with Crippen LogP contribution in [0.25, 0.3) is 0 Å². The number of aryl methyl sites for hydroxylation is 1. The molecule has 1 atom stereocenters. The average Bonchev–Trinajstić information content (AvgIpc) is 2.38. The fourth-order valence-electron chi connectivity index (χ4n) is 2.21. The lowest BCUT2D eigenvalue weighted by molar-refractivity contribution is 0.292. The molecule has 0 aliphatic rings. The van der Waals surface area contributed by atoms with Gasteiger partial charge in [-0.25, -0.2) is 0 Å². The molecule has 0 N–H and O–H groups in total. The Hall–Kier alpha value is -1.33. The smallest absolute Gasteiger partial charge is 0.0669 e. The molecule has 0 amide bonds. The third-order valence-corrected chi connectivity index (χ3v) is 3.69. The number of hydrogen-bond acceptors (Lipinski definition) is 2. The van der Waals surface area contributed by atoms with Crippen molar-refractivity contribution in [1.29, 1.82) is 5.26 Å². The van der Waals surface area contributed by atoms with Crippen LogP contribution in [-0.4, -0.2) is 18.5 Å². The maximum atomic E-state index is 9.04. The minimum atomic E-state index is 0.138. The highest BCUT2D eigenvalue weighted by Crippen LogP contribution is 2.20. The maximum Gasteiger partial charge on any atom is 0.0669 e. The molecule has 2 nitrogen and oxygen atoms in total. The number of nitrogens with zero attached hydrogens (tertiary/aromatic N) is 2. The minimum absolute atomic E-state index is 0.138. The molecule has 104 valence electrons. The van der Waals surface area contributed by atoms with Gasteiger partial charge in [-0.1, -0.05) is 39.0 Å². The van der Waals surface area contributed by atoms with Crippen molar-refractivity contribution < 1.29 is 0 Å². The molecule has 1 aromatic rings. The third kappa shape index (κ3) is 4.69. The van der Waals surface area contributed by atoms with E-state index in [2.05, 4.69) is 63.9 Å². The highest BCUT2D eigenvalue weighted by molar-refractivity contribution is 5.32. The SMILES string of the molecule is CCC(C#N)CN(C)Cc1cc(C(C)C)ccc1C. The molecule has 19 heavy (non-hydrogen) atoms. The number of hydrogen-bond donors (Lipinski definition) is 0. The van der Waals surface area contributed by atoms with Crippen molar-refractivity contribution >= 4 is 0 Å². The van der Waals surface area contributed by atoms with Crippen molar-refractivity contribution in [2.24, 2.45) is 5.92 Å². The molecule has 0 heterocycles. The summed E-state index contributed by atoms with van der Waals surface area (Å²) in [6, 6.07) is 9.10. The summed E-state index contributed by atoms with van der Waals surface area (Å²) in [5.74, 6) is 0.700. The van der Waals surface area contributed by atoms with Gasteiger partial charge in [0.15, 0.2) is 0 Å². The summed E-state index contributed by atoms with van der Waals surface area (Å²) < 4.78 is 0. The molecular weight excluding hydrogens is 232 g/mol. The largest absolute Gasteiger partial charge is 0.301 e. The highest BCUT2D eigenvalue weighted by Gasteiger charge is 2.11. The number of rotatable bonds is 6. The van der Waals surface area contributed by atoms with Gasteiger partial charge in [0.2, 0.25) is 0 Å². The second kappa shape index (κ2) is 7.31. The second-order valence-electron chi connectivity index (χ2n) is 5.77. The van der Waals surface area contributed by atoms with E-state index in [1.54, 1.807) is 0 Å². The zero-order valence-corrected chi connectivity index (χ0v) is 12.9. The Kier molecular flexibility index (Phi) is 6.05. The van der Waals surface area contributed by atoms with Crippen LogP contribution in [0.5, 0.6) is 0 Å². The van der Waals surface area contributed by atoms with Crippen LogP contribution in [0, 0.1) is 24.2 Å². The van der Waals surface area contributed by atoms with Crippen molar-refractivity contribution in [2.75, 3.05) is 13.6 Å². The highest BCUT2D eigenvalue weighted by atomic mass is 15.1. The zero-order valence-electron chi connectivity index (χ0n) is 12.9. The minimum Gasteiger partial charge on any atom is -0.301 e. The topological polar surface area (TPSA) is 27.0 Å². The van der Waals surface area contributed by atoms with Gasteiger partial charge in [-0.2, -0.15) is 5.26 Å². The molecule has 0 aromatic heterocycles. The Morgan fingerprint density at radius 1 is 1.32 bits per heavy atom. The van der Waals surface area contributed by atoms with Crippen molar-refractivity contribution in [3.8, 4) is 6.07 Å². The summed E-state index contributed by atoms with van der Waals surface area (Å²) in [6.07, 6.45) is 0.922. The normalized spacial score (nSPS) is 12.7. The summed E-state index contributed by atoms with van der Waals surface area (Å²) in [5, 5.41) is 9.04. The van der Waals surface area contributed by atoms with E-state index in [0.717, 1.165) is 19.5 Å². The lowest BCUT2D eigenvalue weighted by Gasteiger charge is -2.21. The molecule has 0 saturated heterocycles. The lowest BCUT2D eigenvalue weighted by Crippen LogP contribution is -2.24. The van der Waals surface area contributed by atoms with Gasteiger partial charge in [0.1, 0.15) is 0 Å². The fraction of sp³-hybridized carbons (Fsp3) is 0.588. The van der Waals surface area contributed by atoms with E-state index in [4.69, 9.17) is 5.26 Å². The quantitative estimate of drug-likeness (QED) is 0.768. The van der Waals surface area contributed by atoms with Crippen LogP contribution < -0.4 is 0 Å². The first-order valence-corrected chi connectivity index (χ1v) is 7.15. The van der Waals surface area contributed by atoms with E-state index in [9.17, 15) is 0 Å². The van der Waals surface area contributed by atoms with Gasteiger partial charge in [0, 0.05) is 13.1 Å². The van der Waals surface area contributed by atoms with Gasteiger partial charge in [-0.05, 0) is 43.0 Å². The molecule has 1 unspecified atom stereocenters. The molecule has 0 fully saturated rings. The first kappa shape index (κ1) is 15.7. The van der Waals surface area contributed by atoms with Crippen molar-refractivity contribution in [2.45, 2.75) is 46.6 Å². The maximum absolute atomic E-state index is 9.04. The molecule has 0 saturated carbocycles. The van der Waals surface area contributed by atoms with Crippen molar-refractivity contribution in [3.05, 3.63) is 34.9 Å². The van der Waals surface area contributed by atoms with Gasteiger partial charge in [0.25, 0.3) is 0 Å². The first-order valence-electron chi connectivity index (χ1n) is 7.15. The van der Waals surface area contributed by atoms with Crippen LogP contribution in [0.2, 0.25) is 0 Å². The number of nitriles is 1. The van der Waals surface area contributed by atoms with E-state index >= 15 is 0 Å². The van der Waals surface area contributed by atoms with Crippen molar-refractivity contribution in [1.82, 2.24) is 4.90 Å². The molecule has 0 spiro atoms. The van der Waals surface area contributed by atoms with Gasteiger partial charge >= 0.3 is 0 Å². The summed E-state index contributed by atoms with van der Waals surface area (Å²) in [4.78, 5) is 2.25. The van der Waals surface area contributed by atoms with E-state index in [1.165, 1.54) is 16.7 Å². The van der Waals surface area contributed by atoms with Crippen molar-refractivity contribution in [3.63, 3.8) is 0 Å². The molecule has 0 bridgehead atoms. The van der Waals surface area contributed by atoms with Crippen LogP contribution in [0.1, 0.15) is 49.8 Å². The average molecular weight is 258 g/mol. The number of benzene rings is 1. The Balaban J connectivity index is 2.76. The predicted molar refractivity (Wildman–Crippen MR) is 81.0 cm³/mol. The molecule has 2 heteroatoms. The van der Waals surface area contributed by atoms with Crippen LogP contribution in [-0.2, 0) is 6.54 Å². The van der Waals surface area contributed by atoms with E-state index < -0.39 is 0 Å². The molecule has 0 radical (unpaired) electrons. The molecule has 1 aromatic carbocycles. The van der Waals surface area contributed by atoms with Crippen LogP contribution in [0.4, 0.5) is 0 Å². The molecular formula is C17H26N2. The molecule has 0 aliphatic heterocycles. The van der Waals surface area contributed by atoms with Gasteiger partial charge < -0.3 is 4.90 Å². The lowest BCUT2D eigenvalue weighted by atomic mass is 9.97. The van der Waals surface area contributed by atoms with Crippen LogP contribution in [0.3, 0.4) is 0 Å². The Morgan fingerprint density at radius 3 is 2.53 bits per heavy atom. The van der Waals surface area contributed by atoms with Gasteiger partial charge in [-0.3, -0.25) is 0 Å². The molecule has 0 aliphatic carbocycles. The Labute approximate surface area is 118 Å².